The second-order valence-corrected chi connectivity index (χ2v) is 4.05. The number of benzene rings is 1. The summed E-state index contributed by atoms with van der Waals surface area (Å²) < 4.78 is 55.3. The summed E-state index contributed by atoms with van der Waals surface area (Å²) in [7, 11) is 0. The monoisotopic (exact) mass is 473 g/mol. The molecule has 0 aliphatic carbocycles. The molecule has 0 saturated heterocycles. The van der Waals surface area contributed by atoms with Gasteiger partial charge in [0.05, 0.1) is 0 Å². The van der Waals surface area contributed by atoms with E-state index in [9.17, 15) is 17.6 Å². The van der Waals surface area contributed by atoms with Gasteiger partial charge < -0.3 is 22.5 Å². The number of rotatable bonds is 1. The summed E-state index contributed by atoms with van der Waals surface area (Å²) in [5, 5.41) is 2.50. The molecule has 1 aliphatic rings. The van der Waals surface area contributed by atoms with Gasteiger partial charge in [0.1, 0.15) is 11.6 Å². The number of alkyl halides is 3. The van der Waals surface area contributed by atoms with Crippen molar-refractivity contribution in [2.45, 2.75) is 12.4 Å². The smallest absolute Gasteiger partial charge is 0.445 e. The van der Waals surface area contributed by atoms with Crippen LogP contribution in [0.15, 0.2) is 30.6 Å². The number of ether oxygens (including phenoxy) is 1. The van der Waals surface area contributed by atoms with Crippen LogP contribution in [-0.2, 0) is 25.2 Å². The van der Waals surface area contributed by atoms with Crippen LogP contribution in [0.1, 0.15) is 5.56 Å². The summed E-state index contributed by atoms with van der Waals surface area (Å²) in [6, 6.07) is 3.90. The first-order valence-corrected chi connectivity index (χ1v) is 5.36. The molecule has 8 heteroatoms. The summed E-state index contributed by atoms with van der Waals surface area (Å²) >= 11 is 0. The predicted octanol–water partition coefficient (Wildman–Crippen LogP) is 3.19. The van der Waals surface area contributed by atoms with E-state index < -0.39 is 18.2 Å². The Labute approximate surface area is 132 Å². The van der Waals surface area contributed by atoms with Gasteiger partial charge in [-0.15, -0.1) is 5.52 Å². The Bertz CT molecular complexity index is 666. The van der Waals surface area contributed by atoms with Crippen LogP contribution in [0.5, 0.6) is 0 Å². The SMILES string of the molecule is Fc1ccc2[n-]cc(C3=CNC(C(F)(F)F)O3)c2c1.[CH3-].[Re]. The summed E-state index contributed by atoms with van der Waals surface area (Å²) in [4.78, 5) is 4.00. The fourth-order valence-electron chi connectivity index (χ4n) is 1.89. The van der Waals surface area contributed by atoms with Crippen molar-refractivity contribution >= 4 is 16.7 Å². The Morgan fingerprint density at radius 2 is 1.95 bits per heavy atom. The number of hydrogen-bond acceptors (Lipinski definition) is 2. The van der Waals surface area contributed by atoms with E-state index in [1.807, 2.05) is 0 Å². The molecule has 115 valence electrons. The molecule has 1 unspecified atom stereocenters. The Hall–Kier alpha value is -1.52. The first-order chi connectivity index (χ1) is 8.95. The quantitative estimate of drug-likeness (QED) is 0.512. The van der Waals surface area contributed by atoms with E-state index in [0.29, 0.717) is 16.5 Å². The number of nitrogens with one attached hydrogen (secondary N) is 1. The van der Waals surface area contributed by atoms with E-state index in [1.54, 1.807) is 0 Å². The third-order valence-corrected chi connectivity index (χ3v) is 2.75. The van der Waals surface area contributed by atoms with Crippen LogP contribution in [-0.4, -0.2) is 12.4 Å². The molecule has 0 spiro atoms. The molecule has 0 amide bonds. The molecule has 1 aliphatic heterocycles. The van der Waals surface area contributed by atoms with Gasteiger partial charge in [0.15, 0.2) is 0 Å². The molecule has 0 saturated carbocycles. The zero-order valence-electron chi connectivity index (χ0n) is 10.7. The first kappa shape index (κ1) is 17.5. The molecule has 1 N–H and O–H groups in total. The summed E-state index contributed by atoms with van der Waals surface area (Å²) in [5.41, 5.74) is 0.824. The van der Waals surface area contributed by atoms with E-state index in [-0.39, 0.29) is 33.6 Å². The largest absolute Gasteiger partial charge is 0.663 e. The summed E-state index contributed by atoms with van der Waals surface area (Å²) in [6.45, 7) is 0. The van der Waals surface area contributed by atoms with Gasteiger partial charge in [-0.3, -0.25) is 0 Å². The number of aromatic nitrogens is 1. The third kappa shape index (κ3) is 3.22. The van der Waals surface area contributed by atoms with Crippen LogP contribution in [0, 0.1) is 13.2 Å². The molecule has 0 bridgehead atoms. The minimum Gasteiger partial charge on any atom is -0.663 e. The maximum Gasteiger partial charge on any atom is 0.445 e. The molecular weight excluding hydrogens is 462 g/mol. The van der Waals surface area contributed by atoms with Gasteiger partial charge in [0.25, 0.3) is 6.23 Å². The molecular formula is C13H10F4N2ORe-2. The average molecular weight is 472 g/mol. The van der Waals surface area contributed by atoms with Crippen LogP contribution in [0.4, 0.5) is 17.6 Å². The molecule has 21 heavy (non-hydrogen) atoms. The Morgan fingerprint density at radius 1 is 1.24 bits per heavy atom. The minimum atomic E-state index is -4.51. The van der Waals surface area contributed by atoms with E-state index in [0.717, 1.165) is 6.20 Å². The maximum absolute atomic E-state index is 13.2. The number of halogens is 4. The van der Waals surface area contributed by atoms with Crippen molar-refractivity contribution < 1.29 is 42.7 Å². The number of fused-ring (bicyclic) bond motifs is 1. The van der Waals surface area contributed by atoms with Crippen LogP contribution in [0.3, 0.4) is 0 Å². The van der Waals surface area contributed by atoms with Crippen molar-refractivity contribution in [3.8, 4) is 0 Å². The van der Waals surface area contributed by atoms with Crippen LogP contribution in [0.2, 0.25) is 0 Å². The number of nitrogens with zero attached hydrogens (tertiary/aromatic N) is 1. The second-order valence-electron chi connectivity index (χ2n) is 4.05. The Morgan fingerprint density at radius 3 is 2.57 bits per heavy atom. The van der Waals surface area contributed by atoms with Gasteiger partial charge in [-0.05, 0) is 17.5 Å². The van der Waals surface area contributed by atoms with Gasteiger partial charge in [-0.1, -0.05) is 6.07 Å². The molecule has 0 fully saturated rings. The third-order valence-electron chi connectivity index (χ3n) is 2.75. The minimum absolute atomic E-state index is 0. The van der Waals surface area contributed by atoms with Crippen molar-refractivity contribution in [1.29, 1.82) is 0 Å². The zero-order chi connectivity index (χ0) is 13.6. The van der Waals surface area contributed by atoms with E-state index in [2.05, 4.69) is 10.3 Å². The topological polar surface area (TPSA) is 35.4 Å². The van der Waals surface area contributed by atoms with Crippen molar-refractivity contribution in [3.05, 3.63) is 49.4 Å². The van der Waals surface area contributed by atoms with Crippen molar-refractivity contribution in [3.63, 3.8) is 0 Å². The average Bonchev–Trinajstić information content (AvgIpc) is 2.92. The van der Waals surface area contributed by atoms with Crippen molar-refractivity contribution in [1.82, 2.24) is 10.3 Å². The van der Waals surface area contributed by atoms with Crippen molar-refractivity contribution in [2.75, 3.05) is 0 Å². The fourth-order valence-corrected chi connectivity index (χ4v) is 1.89. The first-order valence-electron chi connectivity index (χ1n) is 5.36. The maximum atomic E-state index is 13.2. The van der Waals surface area contributed by atoms with Gasteiger partial charge in [0, 0.05) is 32.2 Å². The summed E-state index contributed by atoms with van der Waals surface area (Å²) in [5.74, 6) is -0.490. The molecule has 1 radical (unpaired) electrons. The predicted molar refractivity (Wildman–Crippen MR) is 65.7 cm³/mol. The van der Waals surface area contributed by atoms with Crippen LogP contribution in [0.25, 0.3) is 16.7 Å². The molecule has 1 aromatic carbocycles. The standard InChI is InChI=1S/C12H7F4N2O.CH3.Re/c13-6-1-2-9-7(3-6)8(4-17-9)10-5-18-11(19-10)12(14,15)16;;/h1-5,11,18H;1H3;/q2*-1;. The van der Waals surface area contributed by atoms with Gasteiger partial charge in [-0.2, -0.15) is 19.4 Å². The van der Waals surface area contributed by atoms with Crippen molar-refractivity contribution in [2.24, 2.45) is 0 Å². The molecule has 2 heterocycles. The van der Waals surface area contributed by atoms with Crippen LogP contribution < -0.4 is 10.3 Å². The second kappa shape index (κ2) is 6.08. The van der Waals surface area contributed by atoms with E-state index in [4.69, 9.17) is 4.74 Å². The normalized spacial score (nSPS) is 17.3. The number of hydrogen-bond donors (Lipinski definition) is 1. The van der Waals surface area contributed by atoms with Gasteiger partial charge >= 0.3 is 6.18 Å². The van der Waals surface area contributed by atoms with E-state index in [1.165, 1.54) is 24.4 Å². The summed E-state index contributed by atoms with van der Waals surface area (Å²) in [6.07, 6.45) is -4.13. The molecule has 3 nitrogen and oxygen atoms in total. The van der Waals surface area contributed by atoms with Crippen LogP contribution >= 0.6 is 0 Å². The molecule has 1 aromatic heterocycles. The Balaban J connectivity index is 0.00000110. The fraction of sp³-hybridized carbons (Fsp3) is 0.154. The molecule has 1 atom stereocenters. The molecule has 2 aromatic rings. The van der Waals surface area contributed by atoms with Gasteiger partial charge in [-0.25, -0.2) is 4.39 Å². The Kier molecular flexibility index (Phi) is 5.08. The zero-order valence-corrected chi connectivity index (χ0v) is 13.4. The van der Waals surface area contributed by atoms with Gasteiger partial charge in [0.2, 0.25) is 0 Å². The molecule has 3 rings (SSSR count). The van der Waals surface area contributed by atoms with E-state index >= 15 is 0 Å².